The molecule has 2 N–H and O–H groups in total. The molecule has 1 amide bonds. The number of aryl methyl sites for hydroxylation is 1. The SMILES string of the molecule is Cc1ccccc1SCC(=O)NCC(C(=O)O)C(C)C. The van der Waals surface area contributed by atoms with Crippen LogP contribution in [0.15, 0.2) is 29.2 Å². The Labute approximate surface area is 124 Å². The Bertz CT molecular complexity index is 474. The minimum Gasteiger partial charge on any atom is -0.481 e. The summed E-state index contributed by atoms with van der Waals surface area (Å²) in [7, 11) is 0. The van der Waals surface area contributed by atoms with E-state index in [2.05, 4.69) is 5.32 Å². The van der Waals surface area contributed by atoms with Gasteiger partial charge in [-0.1, -0.05) is 32.0 Å². The Kier molecular flexibility index (Phi) is 6.58. The van der Waals surface area contributed by atoms with Crippen molar-refractivity contribution in [2.75, 3.05) is 12.3 Å². The van der Waals surface area contributed by atoms with Crippen LogP contribution in [0, 0.1) is 18.8 Å². The standard InChI is InChI=1S/C15H21NO3S/c1-10(2)12(15(18)19)8-16-14(17)9-20-13-7-5-4-6-11(13)3/h4-7,10,12H,8-9H2,1-3H3,(H,16,17)(H,18,19). The lowest BCUT2D eigenvalue weighted by Gasteiger charge is -2.16. The average Bonchev–Trinajstić information content (AvgIpc) is 2.37. The molecule has 1 atom stereocenters. The summed E-state index contributed by atoms with van der Waals surface area (Å²) in [5, 5.41) is 11.7. The van der Waals surface area contributed by atoms with Crippen LogP contribution in [-0.4, -0.2) is 29.3 Å². The lowest BCUT2D eigenvalue weighted by molar-refractivity contribution is -0.143. The van der Waals surface area contributed by atoms with Gasteiger partial charge in [-0.05, 0) is 24.5 Å². The van der Waals surface area contributed by atoms with E-state index in [0.717, 1.165) is 10.5 Å². The van der Waals surface area contributed by atoms with Crippen molar-refractivity contribution in [1.82, 2.24) is 5.32 Å². The zero-order valence-corrected chi connectivity index (χ0v) is 12.9. The maximum absolute atomic E-state index is 11.8. The van der Waals surface area contributed by atoms with E-state index < -0.39 is 11.9 Å². The molecular formula is C15H21NO3S. The topological polar surface area (TPSA) is 66.4 Å². The summed E-state index contributed by atoms with van der Waals surface area (Å²) in [6, 6.07) is 7.87. The molecule has 1 aromatic carbocycles. The molecule has 0 spiro atoms. The third-order valence-corrected chi connectivity index (χ3v) is 4.27. The summed E-state index contributed by atoms with van der Waals surface area (Å²) in [5.41, 5.74) is 1.14. The minimum atomic E-state index is -0.869. The van der Waals surface area contributed by atoms with Crippen LogP contribution < -0.4 is 5.32 Å². The molecule has 5 heteroatoms. The molecule has 0 heterocycles. The Hall–Kier alpha value is -1.49. The van der Waals surface area contributed by atoms with Crippen molar-refractivity contribution in [3.8, 4) is 0 Å². The highest BCUT2D eigenvalue weighted by atomic mass is 32.2. The summed E-state index contributed by atoms with van der Waals surface area (Å²) in [5.74, 6) is -1.24. The first-order valence-electron chi connectivity index (χ1n) is 6.59. The van der Waals surface area contributed by atoms with Gasteiger partial charge in [0.1, 0.15) is 0 Å². The van der Waals surface area contributed by atoms with Gasteiger partial charge in [0.25, 0.3) is 0 Å². The van der Waals surface area contributed by atoms with E-state index >= 15 is 0 Å². The maximum Gasteiger partial charge on any atom is 0.308 e. The second kappa shape index (κ2) is 7.94. The van der Waals surface area contributed by atoms with Crippen LogP contribution in [0.4, 0.5) is 0 Å². The van der Waals surface area contributed by atoms with Crippen LogP contribution in [0.25, 0.3) is 0 Å². The van der Waals surface area contributed by atoms with Crippen molar-refractivity contribution >= 4 is 23.6 Å². The second-order valence-corrected chi connectivity index (χ2v) is 6.06. The molecule has 4 nitrogen and oxygen atoms in total. The Morgan fingerprint density at radius 1 is 1.30 bits per heavy atom. The molecule has 0 aliphatic rings. The smallest absolute Gasteiger partial charge is 0.308 e. The number of thioether (sulfide) groups is 1. The van der Waals surface area contributed by atoms with Crippen molar-refractivity contribution in [2.45, 2.75) is 25.7 Å². The number of hydrogen-bond donors (Lipinski definition) is 2. The summed E-state index contributed by atoms with van der Waals surface area (Å²) in [4.78, 5) is 23.8. The number of carboxylic acids is 1. The number of rotatable bonds is 7. The van der Waals surface area contributed by atoms with Crippen LogP contribution in [-0.2, 0) is 9.59 Å². The highest BCUT2D eigenvalue weighted by Gasteiger charge is 2.21. The molecule has 0 fully saturated rings. The normalized spacial score (nSPS) is 12.2. The van der Waals surface area contributed by atoms with Gasteiger partial charge in [-0.25, -0.2) is 0 Å². The first kappa shape index (κ1) is 16.6. The fraction of sp³-hybridized carbons (Fsp3) is 0.467. The Morgan fingerprint density at radius 2 is 1.95 bits per heavy atom. The highest BCUT2D eigenvalue weighted by molar-refractivity contribution is 8.00. The van der Waals surface area contributed by atoms with Crippen molar-refractivity contribution in [3.05, 3.63) is 29.8 Å². The molecule has 0 aliphatic carbocycles. The van der Waals surface area contributed by atoms with Gasteiger partial charge >= 0.3 is 5.97 Å². The predicted molar refractivity (Wildman–Crippen MR) is 80.9 cm³/mol. The number of benzene rings is 1. The minimum absolute atomic E-state index is 0.00294. The van der Waals surface area contributed by atoms with Gasteiger partial charge in [0.05, 0.1) is 11.7 Å². The van der Waals surface area contributed by atoms with Gasteiger partial charge in [-0.3, -0.25) is 9.59 Å². The number of carboxylic acid groups (broad SMARTS) is 1. The first-order chi connectivity index (χ1) is 9.41. The number of hydrogen-bond acceptors (Lipinski definition) is 3. The number of aliphatic carboxylic acids is 1. The van der Waals surface area contributed by atoms with Crippen LogP contribution in [0.1, 0.15) is 19.4 Å². The predicted octanol–water partition coefficient (Wildman–Crippen LogP) is 2.56. The van der Waals surface area contributed by atoms with Crippen LogP contribution in [0.2, 0.25) is 0 Å². The third-order valence-electron chi connectivity index (χ3n) is 3.09. The van der Waals surface area contributed by atoms with Gasteiger partial charge < -0.3 is 10.4 Å². The number of nitrogens with one attached hydrogen (secondary N) is 1. The molecule has 0 aromatic heterocycles. The number of carbonyl (C=O) groups is 2. The van der Waals surface area contributed by atoms with Gasteiger partial charge in [0.2, 0.25) is 5.91 Å². The second-order valence-electron chi connectivity index (χ2n) is 5.05. The summed E-state index contributed by atoms with van der Waals surface area (Å²) >= 11 is 1.46. The molecule has 0 radical (unpaired) electrons. The van der Waals surface area contributed by atoms with Crippen molar-refractivity contribution in [3.63, 3.8) is 0 Å². The van der Waals surface area contributed by atoms with E-state index in [9.17, 15) is 9.59 Å². The molecule has 1 aromatic rings. The first-order valence-corrected chi connectivity index (χ1v) is 7.58. The zero-order chi connectivity index (χ0) is 15.1. The van der Waals surface area contributed by atoms with Crippen molar-refractivity contribution in [1.29, 1.82) is 0 Å². The van der Waals surface area contributed by atoms with E-state index in [1.807, 2.05) is 45.0 Å². The van der Waals surface area contributed by atoms with Crippen LogP contribution in [0.3, 0.4) is 0 Å². The summed E-state index contributed by atoms with van der Waals surface area (Å²) in [6.45, 7) is 5.86. The molecule has 0 saturated heterocycles. The van der Waals surface area contributed by atoms with E-state index in [1.165, 1.54) is 11.8 Å². The van der Waals surface area contributed by atoms with Crippen molar-refractivity contribution in [2.24, 2.45) is 11.8 Å². The molecule has 0 aliphatic heterocycles. The van der Waals surface area contributed by atoms with E-state index in [-0.39, 0.29) is 18.4 Å². The largest absolute Gasteiger partial charge is 0.481 e. The number of carbonyl (C=O) groups excluding carboxylic acids is 1. The van der Waals surface area contributed by atoms with E-state index in [0.29, 0.717) is 5.75 Å². The Morgan fingerprint density at radius 3 is 2.50 bits per heavy atom. The molecule has 0 bridgehead atoms. The van der Waals surface area contributed by atoms with E-state index in [4.69, 9.17) is 5.11 Å². The van der Waals surface area contributed by atoms with Gasteiger partial charge in [-0.2, -0.15) is 0 Å². The fourth-order valence-corrected chi connectivity index (χ4v) is 2.60. The molecule has 0 saturated carbocycles. The summed E-state index contributed by atoms with van der Waals surface area (Å²) < 4.78 is 0. The van der Waals surface area contributed by atoms with Crippen molar-refractivity contribution < 1.29 is 14.7 Å². The molecule has 1 unspecified atom stereocenters. The van der Waals surface area contributed by atoms with Crippen LogP contribution >= 0.6 is 11.8 Å². The quantitative estimate of drug-likeness (QED) is 0.759. The average molecular weight is 295 g/mol. The monoisotopic (exact) mass is 295 g/mol. The molecule has 20 heavy (non-hydrogen) atoms. The Balaban J connectivity index is 2.41. The molecule has 1 rings (SSSR count). The fourth-order valence-electron chi connectivity index (χ4n) is 1.74. The lowest BCUT2D eigenvalue weighted by atomic mass is 9.96. The third kappa shape index (κ3) is 5.25. The molecule has 110 valence electrons. The maximum atomic E-state index is 11.8. The highest BCUT2D eigenvalue weighted by Crippen LogP contribution is 2.21. The zero-order valence-electron chi connectivity index (χ0n) is 12.1. The van der Waals surface area contributed by atoms with Gasteiger partial charge in [0, 0.05) is 11.4 Å². The van der Waals surface area contributed by atoms with Gasteiger partial charge in [-0.15, -0.1) is 11.8 Å². The van der Waals surface area contributed by atoms with Gasteiger partial charge in [0.15, 0.2) is 0 Å². The summed E-state index contributed by atoms with van der Waals surface area (Å²) in [6.07, 6.45) is 0. The molecular weight excluding hydrogens is 274 g/mol. The van der Waals surface area contributed by atoms with E-state index in [1.54, 1.807) is 0 Å². The van der Waals surface area contributed by atoms with Crippen LogP contribution in [0.5, 0.6) is 0 Å². The number of amides is 1. The lowest BCUT2D eigenvalue weighted by Crippen LogP contribution is -2.36.